The molecule has 3 N–H and O–H groups in total. The zero-order valence-electron chi connectivity index (χ0n) is 11.1. The van der Waals surface area contributed by atoms with E-state index in [1.54, 1.807) is 12.1 Å². The Labute approximate surface area is 116 Å². The van der Waals surface area contributed by atoms with Gasteiger partial charge in [0.1, 0.15) is 11.3 Å². The predicted molar refractivity (Wildman–Crippen MR) is 71.1 cm³/mol. The smallest absolute Gasteiger partial charge is 0.246 e. The first-order chi connectivity index (χ1) is 9.66. The molecular weight excluding hydrogens is 258 g/mol. The summed E-state index contributed by atoms with van der Waals surface area (Å²) in [4.78, 5) is 4.40. The summed E-state index contributed by atoms with van der Waals surface area (Å²) in [6, 6.07) is 6.94. The number of nitrogens with two attached hydrogens (primary N) is 1. The van der Waals surface area contributed by atoms with Crippen molar-refractivity contribution in [2.75, 3.05) is 13.2 Å². The van der Waals surface area contributed by atoms with Crippen molar-refractivity contribution < 1.29 is 14.4 Å². The molecule has 0 unspecified atom stereocenters. The van der Waals surface area contributed by atoms with Crippen molar-refractivity contribution in [3.8, 4) is 5.75 Å². The second kappa shape index (κ2) is 5.22. The van der Waals surface area contributed by atoms with Gasteiger partial charge in [-0.3, -0.25) is 0 Å². The molecule has 0 aliphatic carbocycles. The maximum atomic E-state index is 9.25. The molecule has 6 nitrogen and oxygen atoms in total. The van der Waals surface area contributed by atoms with E-state index in [0.29, 0.717) is 44.2 Å². The number of phenolic OH excluding ortho intramolecular Hbond substituents is 1. The van der Waals surface area contributed by atoms with Crippen molar-refractivity contribution in [3.63, 3.8) is 0 Å². The van der Waals surface area contributed by atoms with Gasteiger partial charge in [-0.05, 0) is 30.5 Å². The fourth-order valence-electron chi connectivity index (χ4n) is 2.27. The highest BCUT2D eigenvalue weighted by Gasteiger charge is 2.35. The van der Waals surface area contributed by atoms with E-state index >= 15 is 0 Å². The van der Waals surface area contributed by atoms with Gasteiger partial charge >= 0.3 is 0 Å². The molecule has 2 heterocycles. The number of aromatic nitrogens is 2. The number of benzene rings is 1. The minimum atomic E-state index is -0.571. The van der Waals surface area contributed by atoms with Crippen LogP contribution < -0.4 is 5.73 Å². The van der Waals surface area contributed by atoms with Gasteiger partial charge in [0.2, 0.25) is 5.89 Å². The SMILES string of the molecule is NC1(c2nc(Cc3ccc(O)cc3)no2)CCOCC1. The molecule has 20 heavy (non-hydrogen) atoms. The molecule has 0 amide bonds. The highest BCUT2D eigenvalue weighted by atomic mass is 16.5. The minimum absolute atomic E-state index is 0.241. The van der Waals surface area contributed by atoms with Gasteiger partial charge in [-0.15, -0.1) is 0 Å². The van der Waals surface area contributed by atoms with Crippen LogP contribution in [-0.4, -0.2) is 28.5 Å². The molecule has 2 aromatic rings. The van der Waals surface area contributed by atoms with Gasteiger partial charge < -0.3 is 20.1 Å². The van der Waals surface area contributed by atoms with Gasteiger partial charge in [0.15, 0.2) is 5.82 Å². The highest BCUT2D eigenvalue weighted by Crippen LogP contribution is 2.28. The van der Waals surface area contributed by atoms with Crippen molar-refractivity contribution >= 4 is 0 Å². The maximum absolute atomic E-state index is 9.25. The minimum Gasteiger partial charge on any atom is -0.508 e. The molecule has 1 aromatic carbocycles. The topological polar surface area (TPSA) is 94.4 Å². The number of aromatic hydroxyl groups is 1. The highest BCUT2D eigenvalue weighted by molar-refractivity contribution is 5.27. The molecule has 0 saturated carbocycles. The van der Waals surface area contributed by atoms with Crippen molar-refractivity contribution in [2.45, 2.75) is 24.8 Å². The average molecular weight is 275 g/mol. The molecule has 6 heteroatoms. The Kier molecular flexibility index (Phi) is 3.42. The van der Waals surface area contributed by atoms with Gasteiger partial charge in [0.25, 0.3) is 0 Å². The number of rotatable bonds is 3. The lowest BCUT2D eigenvalue weighted by molar-refractivity contribution is 0.0400. The van der Waals surface area contributed by atoms with Crippen LogP contribution in [0.15, 0.2) is 28.8 Å². The molecule has 1 aliphatic heterocycles. The predicted octanol–water partition coefficient (Wildman–Crippen LogP) is 1.33. The maximum Gasteiger partial charge on any atom is 0.246 e. The Morgan fingerprint density at radius 2 is 1.90 bits per heavy atom. The Hall–Kier alpha value is -1.92. The second-order valence-corrected chi connectivity index (χ2v) is 5.13. The Balaban J connectivity index is 1.74. The molecule has 3 rings (SSSR count). The lowest BCUT2D eigenvalue weighted by Gasteiger charge is -2.29. The molecule has 0 bridgehead atoms. The fraction of sp³-hybridized carbons (Fsp3) is 0.429. The summed E-state index contributed by atoms with van der Waals surface area (Å²) < 4.78 is 10.6. The first-order valence-corrected chi connectivity index (χ1v) is 6.63. The van der Waals surface area contributed by atoms with E-state index in [1.165, 1.54) is 0 Å². The number of phenols is 1. The largest absolute Gasteiger partial charge is 0.508 e. The monoisotopic (exact) mass is 275 g/mol. The van der Waals surface area contributed by atoms with Crippen LogP contribution in [0.25, 0.3) is 0 Å². The third-order valence-electron chi connectivity index (χ3n) is 3.58. The summed E-state index contributed by atoms with van der Waals surface area (Å²) in [5.41, 5.74) is 6.73. The lowest BCUT2D eigenvalue weighted by atomic mass is 9.91. The van der Waals surface area contributed by atoms with E-state index in [-0.39, 0.29) is 5.75 Å². The third kappa shape index (κ3) is 2.66. The van der Waals surface area contributed by atoms with Crippen molar-refractivity contribution in [3.05, 3.63) is 41.5 Å². The van der Waals surface area contributed by atoms with Crippen LogP contribution in [0.3, 0.4) is 0 Å². The van der Waals surface area contributed by atoms with Crippen LogP contribution in [0.4, 0.5) is 0 Å². The van der Waals surface area contributed by atoms with Crippen molar-refractivity contribution in [1.29, 1.82) is 0 Å². The summed E-state index contributed by atoms with van der Waals surface area (Å²) in [7, 11) is 0. The van der Waals surface area contributed by atoms with Gasteiger partial charge in [0.05, 0.1) is 0 Å². The molecular formula is C14H17N3O3. The molecule has 1 aliphatic rings. The van der Waals surface area contributed by atoms with Crippen molar-refractivity contribution in [1.82, 2.24) is 10.1 Å². The van der Waals surface area contributed by atoms with Crippen LogP contribution in [0.5, 0.6) is 5.75 Å². The van der Waals surface area contributed by atoms with Crippen LogP contribution in [-0.2, 0) is 16.7 Å². The Morgan fingerprint density at radius 3 is 2.60 bits per heavy atom. The van der Waals surface area contributed by atoms with Crippen molar-refractivity contribution in [2.24, 2.45) is 5.73 Å². The number of hydrogen-bond donors (Lipinski definition) is 2. The Bertz CT molecular complexity index is 574. The fourth-order valence-corrected chi connectivity index (χ4v) is 2.27. The van der Waals surface area contributed by atoms with E-state index in [2.05, 4.69) is 10.1 Å². The molecule has 1 aromatic heterocycles. The van der Waals surface area contributed by atoms with Crippen LogP contribution in [0.1, 0.15) is 30.1 Å². The van der Waals surface area contributed by atoms with Crippen LogP contribution in [0.2, 0.25) is 0 Å². The van der Waals surface area contributed by atoms with Gasteiger partial charge in [0, 0.05) is 19.6 Å². The Morgan fingerprint density at radius 1 is 1.20 bits per heavy atom. The van der Waals surface area contributed by atoms with Gasteiger partial charge in [-0.2, -0.15) is 4.98 Å². The van der Waals surface area contributed by atoms with E-state index in [0.717, 1.165) is 5.56 Å². The van der Waals surface area contributed by atoms with E-state index in [1.807, 2.05) is 12.1 Å². The third-order valence-corrected chi connectivity index (χ3v) is 3.58. The summed E-state index contributed by atoms with van der Waals surface area (Å²) in [6.07, 6.45) is 1.93. The zero-order chi connectivity index (χ0) is 14.0. The van der Waals surface area contributed by atoms with Crippen LogP contribution in [0, 0.1) is 0 Å². The molecule has 0 atom stereocenters. The summed E-state index contributed by atoms with van der Waals surface area (Å²) in [5, 5.41) is 13.2. The summed E-state index contributed by atoms with van der Waals surface area (Å²) in [6.45, 7) is 1.23. The van der Waals surface area contributed by atoms with E-state index < -0.39 is 5.54 Å². The average Bonchev–Trinajstić information content (AvgIpc) is 2.92. The van der Waals surface area contributed by atoms with Gasteiger partial charge in [-0.25, -0.2) is 0 Å². The zero-order valence-corrected chi connectivity index (χ0v) is 11.1. The molecule has 1 saturated heterocycles. The quantitative estimate of drug-likeness (QED) is 0.877. The molecule has 1 fully saturated rings. The van der Waals surface area contributed by atoms with E-state index in [4.69, 9.17) is 15.0 Å². The summed E-state index contributed by atoms with van der Waals surface area (Å²) >= 11 is 0. The summed E-state index contributed by atoms with van der Waals surface area (Å²) in [5.74, 6) is 1.32. The van der Waals surface area contributed by atoms with E-state index in [9.17, 15) is 5.11 Å². The standard InChI is InChI=1S/C14H17N3O3/c15-14(5-7-19-8-6-14)13-16-12(17-20-13)9-10-1-3-11(18)4-2-10/h1-4,18H,5-9,15H2. The lowest BCUT2D eigenvalue weighted by Crippen LogP contribution is -2.42. The second-order valence-electron chi connectivity index (χ2n) is 5.13. The van der Waals surface area contributed by atoms with Gasteiger partial charge in [-0.1, -0.05) is 17.3 Å². The molecule has 0 radical (unpaired) electrons. The first kappa shape index (κ1) is 13.1. The first-order valence-electron chi connectivity index (χ1n) is 6.63. The number of nitrogens with zero attached hydrogens (tertiary/aromatic N) is 2. The van der Waals surface area contributed by atoms with Crippen LogP contribution >= 0.6 is 0 Å². The number of hydrogen-bond acceptors (Lipinski definition) is 6. The molecule has 0 spiro atoms. The normalized spacial score (nSPS) is 18.1. The number of ether oxygens (including phenoxy) is 1. The molecule has 106 valence electrons.